The summed E-state index contributed by atoms with van der Waals surface area (Å²) in [5.41, 5.74) is 9.89. The molecule has 0 atom stereocenters. The fraction of sp³-hybridized carbons (Fsp3) is 0.227. The molecule has 2 amide bonds. The van der Waals surface area contributed by atoms with Gasteiger partial charge in [0.2, 0.25) is 5.91 Å². The lowest BCUT2D eigenvalue weighted by Gasteiger charge is -2.14. The van der Waals surface area contributed by atoms with Gasteiger partial charge in [-0.15, -0.1) is 0 Å². The van der Waals surface area contributed by atoms with Crippen LogP contribution in [0.5, 0.6) is 0 Å². The number of aryl methyl sites for hydroxylation is 2. The highest BCUT2D eigenvalue weighted by Crippen LogP contribution is 2.20. The number of amides is 2. The minimum absolute atomic E-state index is 0.0192. The van der Waals surface area contributed by atoms with Crippen molar-refractivity contribution in [1.29, 1.82) is 0 Å². The summed E-state index contributed by atoms with van der Waals surface area (Å²) >= 11 is 0. The van der Waals surface area contributed by atoms with Crippen molar-refractivity contribution in [3.8, 4) is 0 Å². The van der Waals surface area contributed by atoms with Crippen LogP contribution in [-0.2, 0) is 14.4 Å². The monoisotopic (exact) mass is 392 g/mol. The summed E-state index contributed by atoms with van der Waals surface area (Å²) in [6.45, 7) is 4.00. The van der Waals surface area contributed by atoms with Crippen LogP contribution in [0.15, 0.2) is 59.8 Å². The number of benzene rings is 2. The molecular formula is C22H24N4O3. The average molecular weight is 392 g/mol. The van der Waals surface area contributed by atoms with Gasteiger partial charge in [0.15, 0.2) is 5.78 Å². The number of para-hydroxylation sites is 1. The number of carbonyl (C=O) groups is 3. The molecule has 150 valence electrons. The molecule has 0 saturated carbocycles. The predicted octanol–water partition coefficient (Wildman–Crippen LogP) is 2.59. The SMILES string of the molecule is Cc1ccc(NNC(=O)CCC(Nc2ccccc2)=C2C(=O)CNC2=O)cc1C. The Morgan fingerprint density at radius 3 is 2.38 bits per heavy atom. The normalized spacial score (nSPS) is 15.0. The lowest BCUT2D eigenvalue weighted by molar-refractivity contribution is -0.121. The first-order valence-electron chi connectivity index (χ1n) is 9.43. The molecule has 3 rings (SSSR count). The van der Waals surface area contributed by atoms with Crippen LogP contribution < -0.4 is 21.5 Å². The van der Waals surface area contributed by atoms with Crippen LogP contribution in [0, 0.1) is 13.8 Å². The molecule has 0 spiro atoms. The Kier molecular flexibility index (Phi) is 6.29. The second-order valence-electron chi connectivity index (χ2n) is 6.92. The zero-order chi connectivity index (χ0) is 20.8. The van der Waals surface area contributed by atoms with E-state index in [-0.39, 0.29) is 36.6 Å². The van der Waals surface area contributed by atoms with Gasteiger partial charge in [-0.1, -0.05) is 24.3 Å². The molecule has 29 heavy (non-hydrogen) atoms. The summed E-state index contributed by atoms with van der Waals surface area (Å²) in [7, 11) is 0. The van der Waals surface area contributed by atoms with E-state index < -0.39 is 5.91 Å². The Morgan fingerprint density at radius 1 is 0.966 bits per heavy atom. The zero-order valence-corrected chi connectivity index (χ0v) is 16.5. The molecular weight excluding hydrogens is 368 g/mol. The van der Waals surface area contributed by atoms with Gasteiger partial charge in [-0.05, 0) is 55.7 Å². The fourth-order valence-corrected chi connectivity index (χ4v) is 2.98. The third-order valence-corrected chi connectivity index (χ3v) is 4.74. The number of hydrogen-bond acceptors (Lipinski definition) is 5. The molecule has 2 aromatic carbocycles. The number of allylic oxidation sites excluding steroid dienone is 1. The number of hydrazine groups is 1. The molecule has 1 saturated heterocycles. The van der Waals surface area contributed by atoms with Gasteiger partial charge in [0, 0.05) is 17.8 Å². The van der Waals surface area contributed by atoms with Gasteiger partial charge in [0.25, 0.3) is 5.91 Å². The van der Waals surface area contributed by atoms with Gasteiger partial charge >= 0.3 is 0 Å². The Balaban J connectivity index is 1.65. The molecule has 0 radical (unpaired) electrons. The summed E-state index contributed by atoms with van der Waals surface area (Å²) in [5.74, 6) is -0.939. The lowest BCUT2D eigenvalue weighted by Crippen LogP contribution is -2.29. The molecule has 1 fully saturated rings. The van der Waals surface area contributed by atoms with Crippen LogP contribution in [-0.4, -0.2) is 24.1 Å². The van der Waals surface area contributed by atoms with Crippen molar-refractivity contribution < 1.29 is 14.4 Å². The Bertz CT molecular complexity index is 949. The highest BCUT2D eigenvalue weighted by atomic mass is 16.2. The minimum atomic E-state index is -0.415. The van der Waals surface area contributed by atoms with Crippen molar-refractivity contribution in [3.05, 3.63) is 70.9 Å². The van der Waals surface area contributed by atoms with Crippen LogP contribution in [0.25, 0.3) is 0 Å². The number of rotatable bonds is 7. The predicted molar refractivity (Wildman–Crippen MR) is 112 cm³/mol. The topological polar surface area (TPSA) is 99.3 Å². The molecule has 1 aliphatic rings. The Morgan fingerprint density at radius 2 is 1.72 bits per heavy atom. The van der Waals surface area contributed by atoms with Gasteiger partial charge < -0.3 is 10.6 Å². The van der Waals surface area contributed by atoms with E-state index in [9.17, 15) is 14.4 Å². The second-order valence-corrected chi connectivity index (χ2v) is 6.92. The average Bonchev–Trinajstić information content (AvgIpc) is 3.05. The maximum atomic E-state index is 12.3. The lowest BCUT2D eigenvalue weighted by atomic mass is 10.1. The number of anilines is 2. The van der Waals surface area contributed by atoms with Gasteiger partial charge in [-0.25, -0.2) is 0 Å². The highest BCUT2D eigenvalue weighted by molar-refractivity contribution is 6.25. The molecule has 7 heteroatoms. The van der Waals surface area contributed by atoms with Crippen molar-refractivity contribution in [1.82, 2.24) is 10.7 Å². The van der Waals surface area contributed by atoms with Gasteiger partial charge in [-0.3, -0.25) is 25.2 Å². The van der Waals surface area contributed by atoms with Crippen molar-refractivity contribution in [3.63, 3.8) is 0 Å². The van der Waals surface area contributed by atoms with Crippen molar-refractivity contribution in [2.75, 3.05) is 17.3 Å². The van der Waals surface area contributed by atoms with Crippen molar-refractivity contribution in [2.45, 2.75) is 26.7 Å². The second kappa shape index (κ2) is 9.05. The Labute approximate surface area is 169 Å². The summed E-state index contributed by atoms with van der Waals surface area (Å²) in [5, 5.41) is 5.65. The third-order valence-electron chi connectivity index (χ3n) is 4.74. The summed E-state index contributed by atoms with van der Waals surface area (Å²) in [4.78, 5) is 36.5. The molecule has 0 unspecified atom stereocenters. The minimum Gasteiger partial charge on any atom is -0.358 e. The molecule has 2 aromatic rings. The molecule has 0 aromatic heterocycles. The van der Waals surface area contributed by atoms with Crippen LogP contribution >= 0.6 is 0 Å². The van der Waals surface area contributed by atoms with Crippen LogP contribution in [0.4, 0.5) is 11.4 Å². The van der Waals surface area contributed by atoms with E-state index in [0.29, 0.717) is 5.70 Å². The van der Waals surface area contributed by atoms with Crippen LogP contribution in [0.1, 0.15) is 24.0 Å². The van der Waals surface area contributed by atoms with Crippen LogP contribution in [0.3, 0.4) is 0 Å². The van der Waals surface area contributed by atoms with E-state index in [1.807, 2.05) is 62.4 Å². The number of nitrogens with one attached hydrogen (secondary N) is 4. The van der Waals surface area contributed by atoms with E-state index in [2.05, 4.69) is 21.5 Å². The van der Waals surface area contributed by atoms with Crippen LogP contribution in [0.2, 0.25) is 0 Å². The number of ketones is 1. The first-order valence-corrected chi connectivity index (χ1v) is 9.43. The summed E-state index contributed by atoms with van der Waals surface area (Å²) in [6.07, 6.45) is 0.334. The first kappa shape index (κ1) is 20.1. The quantitative estimate of drug-likeness (QED) is 0.330. The van der Waals surface area contributed by atoms with E-state index >= 15 is 0 Å². The third kappa shape index (κ3) is 5.22. The van der Waals surface area contributed by atoms with E-state index in [0.717, 1.165) is 16.9 Å². The Hall–Kier alpha value is -3.61. The molecule has 7 nitrogen and oxygen atoms in total. The van der Waals surface area contributed by atoms with Crippen molar-refractivity contribution >= 4 is 29.0 Å². The molecule has 4 N–H and O–H groups in total. The van der Waals surface area contributed by atoms with E-state index in [4.69, 9.17) is 0 Å². The van der Waals surface area contributed by atoms with Gasteiger partial charge in [0.05, 0.1) is 12.2 Å². The number of hydrogen-bond donors (Lipinski definition) is 4. The van der Waals surface area contributed by atoms with E-state index in [1.165, 1.54) is 5.56 Å². The highest BCUT2D eigenvalue weighted by Gasteiger charge is 2.29. The molecule has 0 aliphatic carbocycles. The standard InChI is InChI=1S/C22H24N4O3/c1-14-8-9-17(12-15(14)2)25-26-20(28)11-10-18(21-19(27)13-23-22(21)29)24-16-6-4-3-5-7-16/h3-9,12,24-25H,10-11,13H2,1-2H3,(H,23,29)(H,26,28). The first-order chi connectivity index (χ1) is 13.9. The van der Waals surface area contributed by atoms with Gasteiger partial charge in [-0.2, -0.15) is 0 Å². The van der Waals surface area contributed by atoms with Crippen molar-refractivity contribution in [2.24, 2.45) is 0 Å². The maximum absolute atomic E-state index is 12.3. The molecule has 1 aliphatic heterocycles. The summed E-state index contributed by atoms with van der Waals surface area (Å²) in [6, 6.07) is 15.0. The maximum Gasteiger partial charge on any atom is 0.257 e. The van der Waals surface area contributed by atoms with Gasteiger partial charge in [0.1, 0.15) is 5.57 Å². The number of carbonyl (C=O) groups excluding carboxylic acids is 3. The fourth-order valence-electron chi connectivity index (χ4n) is 2.98. The largest absolute Gasteiger partial charge is 0.358 e. The number of Topliss-reactive ketones (excluding diaryl/α,β-unsaturated/α-hetero) is 1. The smallest absolute Gasteiger partial charge is 0.257 e. The molecule has 0 bridgehead atoms. The van der Waals surface area contributed by atoms with E-state index in [1.54, 1.807) is 0 Å². The molecule has 1 heterocycles. The summed E-state index contributed by atoms with van der Waals surface area (Å²) < 4.78 is 0. The zero-order valence-electron chi connectivity index (χ0n) is 16.5.